The molecule has 3 aromatic rings. The summed E-state index contributed by atoms with van der Waals surface area (Å²) in [6, 6.07) is 14.4. The van der Waals surface area contributed by atoms with Crippen molar-refractivity contribution in [3.8, 4) is 23.1 Å². The van der Waals surface area contributed by atoms with Crippen LogP contribution in [0.2, 0.25) is 0 Å². The summed E-state index contributed by atoms with van der Waals surface area (Å²) in [5, 5.41) is 14.0. The zero-order valence-corrected chi connectivity index (χ0v) is 14.6. The highest BCUT2D eigenvalue weighted by atomic mass is 32.1. The van der Waals surface area contributed by atoms with E-state index < -0.39 is 0 Å². The maximum Gasteiger partial charge on any atom is 0.257 e. The molecule has 0 saturated heterocycles. The van der Waals surface area contributed by atoms with Crippen LogP contribution in [0.15, 0.2) is 47.8 Å². The lowest BCUT2D eigenvalue weighted by atomic mass is 10.1. The van der Waals surface area contributed by atoms with Crippen LogP contribution >= 0.6 is 11.3 Å². The second-order valence-corrected chi connectivity index (χ2v) is 6.24. The van der Waals surface area contributed by atoms with Crippen LogP contribution in [0.3, 0.4) is 0 Å². The first-order valence-electron chi connectivity index (χ1n) is 7.53. The van der Waals surface area contributed by atoms with Crippen molar-refractivity contribution in [2.24, 2.45) is 0 Å². The molecule has 1 amide bonds. The van der Waals surface area contributed by atoms with E-state index in [9.17, 15) is 4.79 Å². The second kappa shape index (κ2) is 7.16. The predicted octanol–water partition coefficient (Wildman–Crippen LogP) is 4.25. The van der Waals surface area contributed by atoms with E-state index in [2.05, 4.69) is 10.3 Å². The minimum atomic E-state index is -0.262. The topological polar surface area (TPSA) is 75.0 Å². The number of carbonyl (C=O) groups excluding carboxylic acids is 1. The van der Waals surface area contributed by atoms with Gasteiger partial charge in [-0.25, -0.2) is 4.98 Å². The van der Waals surface area contributed by atoms with Gasteiger partial charge < -0.3 is 4.74 Å². The summed E-state index contributed by atoms with van der Waals surface area (Å²) in [5.41, 5.74) is 3.73. The van der Waals surface area contributed by atoms with Crippen LogP contribution < -0.4 is 10.1 Å². The number of hydrogen-bond acceptors (Lipinski definition) is 5. The zero-order chi connectivity index (χ0) is 17.8. The van der Waals surface area contributed by atoms with Crippen molar-refractivity contribution >= 4 is 22.4 Å². The van der Waals surface area contributed by atoms with E-state index in [0.717, 1.165) is 22.6 Å². The molecule has 1 aromatic heterocycles. The molecule has 25 heavy (non-hydrogen) atoms. The Labute approximate surface area is 149 Å². The smallest absolute Gasteiger partial charge is 0.257 e. The van der Waals surface area contributed by atoms with Crippen LogP contribution in [0.1, 0.15) is 21.5 Å². The van der Waals surface area contributed by atoms with Gasteiger partial charge in [0.2, 0.25) is 0 Å². The van der Waals surface area contributed by atoms with Crippen molar-refractivity contribution in [2.75, 3.05) is 12.4 Å². The van der Waals surface area contributed by atoms with Crippen LogP contribution in [-0.2, 0) is 0 Å². The third-order valence-corrected chi connectivity index (χ3v) is 4.39. The van der Waals surface area contributed by atoms with E-state index in [1.165, 1.54) is 11.3 Å². The monoisotopic (exact) mass is 349 g/mol. The number of hydrogen-bond donors (Lipinski definition) is 1. The Balaban J connectivity index is 1.81. The number of thiazole rings is 1. The molecule has 0 unspecified atom stereocenters. The van der Waals surface area contributed by atoms with Gasteiger partial charge >= 0.3 is 0 Å². The first kappa shape index (κ1) is 16.7. The predicted molar refractivity (Wildman–Crippen MR) is 97.9 cm³/mol. The molecule has 1 heterocycles. The van der Waals surface area contributed by atoms with Gasteiger partial charge in [0.1, 0.15) is 5.75 Å². The maximum absolute atomic E-state index is 12.3. The van der Waals surface area contributed by atoms with Gasteiger partial charge in [-0.2, -0.15) is 5.26 Å². The number of aryl methyl sites for hydroxylation is 1. The molecular formula is C19H15N3O2S. The minimum absolute atomic E-state index is 0.262. The standard InChI is InChI=1S/C19H15N3O2S/c1-12-3-8-17(24-2)15(9-12)16-11-25-19(21-16)22-18(23)14-6-4-13(10-20)5-7-14/h3-9,11H,1-2H3,(H,21,22,23). The molecule has 0 saturated carbocycles. The third kappa shape index (κ3) is 3.67. The van der Waals surface area contributed by atoms with Gasteiger partial charge in [0.15, 0.2) is 5.13 Å². The van der Waals surface area contributed by atoms with E-state index in [-0.39, 0.29) is 5.91 Å². The molecule has 5 nitrogen and oxygen atoms in total. The highest BCUT2D eigenvalue weighted by molar-refractivity contribution is 7.14. The molecule has 3 rings (SSSR count). The molecule has 0 spiro atoms. The minimum Gasteiger partial charge on any atom is -0.496 e. The van der Waals surface area contributed by atoms with Crippen molar-refractivity contribution in [1.29, 1.82) is 5.26 Å². The Morgan fingerprint density at radius 1 is 1.24 bits per heavy atom. The van der Waals surface area contributed by atoms with Crippen LogP contribution in [0, 0.1) is 18.3 Å². The first-order chi connectivity index (χ1) is 12.1. The lowest BCUT2D eigenvalue weighted by Crippen LogP contribution is -2.11. The number of carbonyl (C=O) groups is 1. The van der Waals surface area contributed by atoms with Crippen molar-refractivity contribution in [1.82, 2.24) is 4.98 Å². The van der Waals surface area contributed by atoms with Gasteiger partial charge in [-0.15, -0.1) is 11.3 Å². The number of amides is 1. The number of methoxy groups -OCH3 is 1. The summed E-state index contributed by atoms with van der Waals surface area (Å²) in [6.45, 7) is 2.00. The SMILES string of the molecule is COc1ccc(C)cc1-c1csc(NC(=O)c2ccc(C#N)cc2)n1. The summed E-state index contributed by atoms with van der Waals surface area (Å²) < 4.78 is 5.39. The van der Waals surface area contributed by atoms with E-state index in [1.807, 2.05) is 36.6 Å². The molecule has 0 bridgehead atoms. The quantitative estimate of drug-likeness (QED) is 0.764. The molecule has 0 radical (unpaired) electrons. The average Bonchev–Trinajstić information content (AvgIpc) is 3.10. The lowest BCUT2D eigenvalue weighted by Gasteiger charge is -2.07. The number of rotatable bonds is 4. The fourth-order valence-corrected chi connectivity index (χ4v) is 3.05. The number of nitrogens with zero attached hydrogens (tertiary/aromatic N) is 2. The number of ether oxygens (including phenoxy) is 1. The molecule has 124 valence electrons. The number of benzene rings is 2. The molecule has 0 aliphatic heterocycles. The fraction of sp³-hybridized carbons (Fsp3) is 0.105. The van der Waals surface area contributed by atoms with Crippen LogP contribution in [-0.4, -0.2) is 18.0 Å². The van der Waals surface area contributed by atoms with E-state index in [1.54, 1.807) is 31.4 Å². The van der Waals surface area contributed by atoms with Crippen LogP contribution in [0.5, 0.6) is 5.75 Å². The Morgan fingerprint density at radius 3 is 2.68 bits per heavy atom. The zero-order valence-electron chi connectivity index (χ0n) is 13.7. The number of aromatic nitrogens is 1. The van der Waals surface area contributed by atoms with E-state index in [4.69, 9.17) is 10.00 Å². The molecule has 0 aliphatic carbocycles. The Bertz CT molecular complexity index is 956. The average molecular weight is 349 g/mol. The molecule has 0 aliphatic rings. The largest absolute Gasteiger partial charge is 0.496 e. The van der Waals surface area contributed by atoms with Crippen molar-refractivity contribution in [2.45, 2.75) is 6.92 Å². The van der Waals surface area contributed by atoms with Gasteiger partial charge in [0.05, 0.1) is 24.4 Å². The van der Waals surface area contributed by atoms with Crippen LogP contribution in [0.4, 0.5) is 5.13 Å². The molecule has 0 atom stereocenters. The molecular weight excluding hydrogens is 334 g/mol. The van der Waals surface area contributed by atoms with E-state index >= 15 is 0 Å². The van der Waals surface area contributed by atoms with Gasteiger partial charge in [0, 0.05) is 16.5 Å². The number of anilines is 1. The Hall–Kier alpha value is -3.17. The van der Waals surface area contributed by atoms with E-state index in [0.29, 0.717) is 16.3 Å². The summed E-state index contributed by atoms with van der Waals surface area (Å²) >= 11 is 1.35. The van der Waals surface area contributed by atoms with Crippen molar-refractivity contribution < 1.29 is 9.53 Å². The lowest BCUT2D eigenvalue weighted by molar-refractivity contribution is 0.102. The Kier molecular flexibility index (Phi) is 4.78. The molecule has 6 heteroatoms. The summed E-state index contributed by atoms with van der Waals surface area (Å²) in [7, 11) is 1.62. The van der Waals surface area contributed by atoms with Gasteiger partial charge in [-0.05, 0) is 43.3 Å². The third-order valence-electron chi connectivity index (χ3n) is 3.63. The fourth-order valence-electron chi connectivity index (χ4n) is 2.34. The highest BCUT2D eigenvalue weighted by Crippen LogP contribution is 2.33. The van der Waals surface area contributed by atoms with Crippen molar-refractivity contribution in [3.63, 3.8) is 0 Å². The molecule has 2 aromatic carbocycles. The number of nitrogens with one attached hydrogen (secondary N) is 1. The Morgan fingerprint density at radius 2 is 2.00 bits per heavy atom. The highest BCUT2D eigenvalue weighted by Gasteiger charge is 2.13. The van der Waals surface area contributed by atoms with Crippen LogP contribution in [0.25, 0.3) is 11.3 Å². The van der Waals surface area contributed by atoms with Crippen molar-refractivity contribution in [3.05, 3.63) is 64.5 Å². The van der Waals surface area contributed by atoms with Gasteiger partial charge in [-0.3, -0.25) is 10.1 Å². The number of nitriles is 1. The second-order valence-electron chi connectivity index (χ2n) is 5.38. The summed E-state index contributed by atoms with van der Waals surface area (Å²) in [5.74, 6) is 0.475. The maximum atomic E-state index is 12.3. The van der Waals surface area contributed by atoms with Gasteiger partial charge in [0.25, 0.3) is 5.91 Å². The molecule has 1 N–H and O–H groups in total. The summed E-state index contributed by atoms with van der Waals surface area (Å²) in [4.78, 5) is 16.8. The van der Waals surface area contributed by atoms with Gasteiger partial charge in [-0.1, -0.05) is 11.6 Å². The summed E-state index contributed by atoms with van der Waals surface area (Å²) in [6.07, 6.45) is 0. The molecule has 0 fully saturated rings. The first-order valence-corrected chi connectivity index (χ1v) is 8.40. The normalized spacial score (nSPS) is 10.1.